The monoisotopic (exact) mass is 300 g/mol. The number of benzene rings is 1. The third-order valence-corrected chi connectivity index (χ3v) is 3.94. The van der Waals surface area contributed by atoms with Crippen molar-refractivity contribution >= 4 is 5.91 Å². The van der Waals surface area contributed by atoms with Crippen LogP contribution in [0.25, 0.3) is 0 Å². The van der Waals surface area contributed by atoms with Gasteiger partial charge in [-0.3, -0.25) is 9.89 Å². The van der Waals surface area contributed by atoms with Crippen LogP contribution >= 0.6 is 0 Å². The number of para-hydroxylation sites is 1. The van der Waals surface area contributed by atoms with Crippen molar-refractivity contribution in [3.05, 3.63) is 40.7 Å². The smallest absolute Gasteiger partial charge is 0.272 e. The summed E-state index contributed by atoms with van der Waals surface area (Å²) >= 11 is 0. The van der Waals surface area contributed by atoms with E-state index in [1.54, 1.807) is 0 Å². The summed E-state index contributed by atoms with van der Waals surface area (Å²) in [6.07, 6.45) is 0.868. The average Bonchev–Trinajstić information content (AvgIpc) is 3.19. The van der Waals surface area contributed by atoms with E-state index in [2.05, 4.69) is 20.8 Å². The van der Waals surface area contributed by atoms with Crippen molar-refractivity contribution in [1.29, 1.82) is 0 Å². The molecule has 4 rings (SSSR count). The van der Waals surface area contributed by atoms with Crippen LogP contribution in [0, 0.1) is 0 Å². The maximum Gasteiger partial charge on any atom is 0.272 e. The molecular weight excluding hydrogens is 284 g/mol. The Labute approximate surface area is 127 Å². The van der Waals surface area contributed by atoms with E-state index in [0.29, 0.717) is 30.3 Å². The summed E-state index contributed by atoms with van der Waals surface area (Å²) < 4.78 is 10.8. The maximum atomic E-state index is 12.4. The number of ether oxygens (including phenoxy) is 2. The van der Waals surface area contributed by atoms with Gasteiger partial charge in [-0.25, -0.2) is 0 Å². The molecule has 0 aliphatic carbocycles. The molecule has 0 fully saturated rings. The molecule has 1 aromatic heterocycles. The van der Waals surface area contributed by atoms with Crippen LogP contribution in [-0.4, -0.2) is 29.4 Å². The number of rotatable bonds is 3. The fourth-order valence-electron chi connectivity index (χ4n) is 2.80. The first-order valence-corrected chi connectivity index (χ1v) is 7.25. The predicted molar refractivity (Wildman–Crippen MR) is 77.7 cm³/mol. The lowest BCUT2D eigenvalue weighted by molar-refractivity contribution is 0.0944. The molecule has 0 radical (unpaired) electrons. The van der Waals surface area contributed by atoms with Gasteiger partial charge in [0.05, 0.1) is 0 Å². The average molecular weight is 300 g/mol. The molecular formula is C15H16N4O3. The van der Waals surface area contributed by atoms with Crippen LogP contribution in [0.1, 0.15) is 27.3 Å². The molecule has 0 saturated carbocycles. The highest BCUT2D eigenvalue weighted by Crippen LogP contribution is 2.35. The summed E-state index contributed by atoms with van der Waals surface area (Å²) in [5.41, 5.74) is 3.36. The zero-order chi connectivity index (χ0) is 14.9. The van der Waals surface area contributed by atoms with Gasteiger partial charge in [0, 0.05) is 42.9 Å². The lowest BCUT2D eigenvalue weighted by Gasteiger charge is -2.13. The molecule has 114 valence electrons. The molecule has 1 aromatic carbocycles. The van der Waals surface area contributed by atoms with Crippen LogP contribution in [0.5, 0.6) is 11.5 Å². The molecule has 0 bridgehead atoms. The first-order chi connectivity index (χ1) is 10.8. The normalized spacial score (nSPS) is 15.5. The van der Waals surface area contributed by atoms with Crippen molar-refractivity contribution in [3.8, 4) is 11.5 Å². The summed E-state index contributed by atoms with van der Waals surface area (Å²) in [5.74, 6) is 1.24. The summed E-state index contributed by atoms with van der Waals surface area (Å²) in [4.78, 5) is 12.4. The van der Waals surface area contributed by atoms with E-state index in [1.807, 2.05) is 18.2 Å². The Bertz CT molecular complexity index is 726. The van der Waals surface area contributed by atoms with Crippen LogP contribution in [0.2, 0.25) is 0 Å². The standard InChI is InChI=1S/C15H16N4O3/c20-15(13-10-7-16-5-4-11(10)18-19-13)17-6-9-2-1-3-12-14(9)22-8-21-12/h1-3,16H,4-8H2,(H,17,20)(H,18,19). The summed E-state index contributed by atoms with van der Waals surface area (Å²) in [6.45, 7) is 2.18. The van der Waals surface area contributed by atoms with Crippen molar-refractivity contribution in [2.24, 2.45) is 0 Å². The molecule has 7 nitrogen and oxygen atoms in total. The number of aromatic nitrogens is 2. The Morgan fingerprint density at radius 3 is 3.27 bits per heavy atom. The third kappa shape index (κ3) is 2.19. The minimum Gasteiger partial charge on any atom is -0.454 e. The Morgan fingerprint density at radius 2 is 2.32 bits per heavy atom. The molecule has 22 heavy (non-hydrogen) atoms. The fraction of sp³-hybridized carbons (Fsp3) is 0.333. The molecule has 2 aromatic rings. The second kappa shape index (κ2) is 5.34. The second-order valence-corrected chi connectivity index (χ2v) is 5.29. The highest BCUT2D eigenvalue weighted by molar-refractivity contribution is 5.94. The van der Waals surface area contributed by atoms with Crippen molar-refractivity contribution in [2.45, 2.75) is 19.5 Å². The lowest BCUT2D eigenvalue weighted by Crippen LogP contribution is -2.28. The Kier molecular flexibility index (Phi) is 3.19. The third-order valence-electron chi connectivity index (χ3n) is 3.94. The number of carbonyl (C=O) groups excluding carboxylic acids is 1. The Balaban J connectivity index is 1.49. The van der Waals surface area contributed by atoms with Crippen molar-refractivity contribution < 1.29 is 14.3 Å². The molecule has 0 unspecified atom stereocenters. The first kappa shape index (κ1) is 13.1. The number of H-pyrrole nitrogens is 1. The lowest BCUT2D eigenvalue weighted by atomic mass is 10.1. The summed E-state index contributed by atoms with van der Waals surface area (Å²) in [6, 6.07) is 5.65. The molecule has 3 N–H and O–H groups in total. The minimum absolute atomic E-state index is 0.183. The van der Waals surface area contributed by atoms with Crippen molar-refractivity contribution in [3.63, 3.8) is 0 Å². The van der Waals surface area contributed by atoms with Gasteiger partial charge in [0.15, 0.2) is 17.2 Å². The summed E-state index contributed by atoms with van der Waals surface area (Å²) in [5, 5.41) is 13.3. The Morgan fingerprint density at radius 1 is 1.36 bits per heavy atom. The van der Waals surface area contributed by atoms with E-state index in [4.69, 9.17) is 9.47 Å². The van der Waals surface area contributed by atoms with Gasteiger partial charge in [-0.05, 0) is 6.07 Å². The molecule has 3 heterocycles. The maximum absolute atomic E-state index is 12.4. The number of nitrogens with one attached hydrogen (secondary N) is 3. The van der Waals surface area contributed by atoms with Crippen molar-refractivity contribution in [2.75, 3.05) is 13.3 Å². The van der Waals surface area contributed by atoms with Gasteiger partial charge in [0.25, 0.3) is 5.91 Å². The quantitative estimate of drug-likeness (QED) is 0.777. The first-order valence-electron chi connectivity index (χ1n) is 7.25. The fourth-order valence-corrected chi connectivity index (χ4v) is 2.80. The van der Waals surface area contributed by atoms with Crippen LogP contribution in [-0.2, 0) is 19.5 Å². The molecule has 2 aliphatic heterocycles. The van der Waals surface area contributed by atoms with Gasteiger partial charge in [-0.2, -0.15) is 5.10 Å². The van der Waals surface area contributed by atoms with E-state index in [1.165, 1.54) is 0 Å². The van der Waals surface area contributed by atoms with E-state index >= 15 is 0 Å². The number of aromatic amines is 1. The van der Waals surface area contributed by atoms with Crippen LogP contribution in [0.4, 0.5) is 0 Å². The van der Waals surface area contributed by atoms with Crippen LogP contribution in [0.3, 0.4) is 0 Å². The van der Waals surface area contributed by atoms with E-state index in [0.717, 1.165) is 29.8 Å². The van der Waals surface area contributed by atoms with Gasteiger partial charge in [0.1, 0.15) is 0 Å². The van der Waals surface area contributed by atoms with Gasteiger partial charge in [-0.15, -0.1) is 0 Å². The Hall–Kier alpha value is -2.54. The van der Waals surface area contributed by atoms with Crippen LogP contribution < -0.4 is 20.1 Å². The molecule has 0 spiro atoms. The number of hydrogen-bond donors (Lipinski definition) is 3. The number of nitrogens with zero attached hydrogens (tertiary/aromatic N) is 1. The second-order valence-electron chi connectivity index (χ2n) is 5.29. The highest BCUT2D eigenvalue weighted by Gasteiger charge is 2.22. The molecule has 7 heteroatoms. The van der Waals surface area contributed by atoms with Crippen molar-refractivity contribution in [1.82, 2.24) is 20.8 Å². The number of hydrogen-bond acceptors (Lipinski definition) is 5. The van der Waals surface area contributed by atoms with Gasteiger partial charge < -0.3 is 20.1 Å². The van der Waals surface area contributed by atoms with E-state index in [-0.39, 0.29) is 12.7 Å². The number of fused-ring (bicyclic) bond motifs is 2. The van der Waals surface area contributed by atoms with Gasteiger partial charge in [-0.1, -0.05) is 12.1 Å². The number of carbonyl (C=O) groups is 1. The number of amides is 1. The molecule has 0 atom stereocenters. The summed E-state index contributed by atoms with van der Waals surface area (Å²) in [7, 11) is 0. The van der Waals surface area contributed by atoms with Crippen LogP contribution in [0.15, 0.2) is 18.2 Å². The highest BCUT2D eigenvalue weighted by atomic mass is 16.7. The largest absolute Gasteiger partial charge is 0.454 e. The zero-order valence-corrected chi connectivity index (χ0v) is 11.9. The topological polar surface area (TPSA) is 88.3 Å². The van der Waals surface area contributed by atoms with Gasteiger partial charge >= 0.3 is 0 Å². The minimum atomic E-state index is -0.183. The van der Waals surface area contributed by atoms with E-state index < -0.39 is 0 Å². The predicted octanol–water partition coefficient (Wildman–Crippen LogP) is 0.714. The van der Waals surface area contributed by atoms with Gasteiger partial charge in [0.2, 0.25) is 6.79 Å². The molecule has 2 aliphatic rings. The molecule has 1 amide bonds. The SMILES string of the molecule is O=C(NCc1cccc2c1OCO2)c1n[nH]c2c1CNCC2. The van der Waals surface area contributed by atoms with E-state index in [9.17, 15) is 4.79 Å². The molecule has 0 saturated heterocycles. The zero-order valence-electron chi connectivity index (χ0n) is 11.9.